The van der Waals surface area contributed by atoms with Crippen LogP contribution in [0.25, 0.3) is 28.0 Å². The summed E-state index contributed by atoms with van der Waals surface area (Å²) in [5, 5.41) is 17.6. The number of nitriles is 1. The van der Waals surface area contributed by atoms with Crippen LogP contribution in [0.2, 0.25) is 5.15 Å². The van der Waals surface area contributed by atoms with Crippen molar-refractivity contribution in [3.63, 3.8) is 0 Å². The lowest BCUT2D eigenvalue weighted by Crippen LogP contribution is -2.50. The summed E-state index contributed by atoms with van der Waals surface area (Å²) in [5.41, 5.74) is 4.00. The second-order valence-electron chi connectivity index (χ2n) is 11.1. The Bertz CT molecular complexity index is 1670. The van der Waals surface area contributed by atoms with Gasteiger partial charge in [0.15, 0.2) is 5.65 Å². The molecule has 4 heterocycles. The Balaban J connectivity index is 1.49. The smallest absolute Gasteiger partial charge is 0.410 e. The topological polar surface area (TPSA) is 126 Å². The first-order chi connectivity index (χ1) is 19.5. The van der Waals surface area contributed by atoms with Gasteiger partial charge >= 0.3 is 6.09 Å². The molecule has 1 aliphatic heterocycles. The van der Waals surface area contributed by atoms with Crippen molar-refractivity contribution in [1.82, 2.24) is 29.8 Å². The molecule has 10 nitrogen and oxygen atoms in total. The number of ether oxygens (including phenoxy) is 1. The predicted octanol–water partition coefficient (Wildman–Crippen LogP) is 5.42. The average molecular weight is 572 g/mol. The number of fused-ring (bicyclic) bond motifs is 1. The van der Waals surface area contributed by atoms with Gasteiger partial charge in [0.2, 0.25) is 0 Å². The van der Waals surface area contributed by atoms with E-state index in [0.717, 1.165) is 24.0 Å². The van der Waals surface area contributed by atoms with Gasteiger partial charge in [0, 0.05) is 36.6 Å². The number of aromatic nitrogens is 4. The highest BCUT2D eigenvalue weighted by atomic mass is 35.5. The molecule has 1 fully saturated rings. The zero-order valence-corrected chi connectivity index (χ0v) is 24.1. The Kier molecular flexibility index (Phi) is 7.65. The first-order valence-corrected chi connectivity index (χ1v) is 13.7. The normalized spacial score (nSPS) is 15.4. The molecule has 0 radical (unpaired) electrons. The molecule has 2 amide bonds. The lowest BCUT2D eigenvalue weighted by molar-refractivity contribution is 0.0185. The maximum absolute atomic E-state index is 13.4. The van der Waals surface area contributed by atoms with Gasteiger partial charge in [-0.1, -0.05) is 23.7 Å². The second kappa shape index (κ2) is 11.2. The van der Waals surface area contributed by atoms with Gasteiger partial charge in [-0.15, -0.1) is 0 Å². The maximum atomic E-state index is 13.4. The molecule has 0 bridgehead atoms. The number of amides is 2. The van der Waals surface area contributed by atoms with Gasteiger partial charge < -0.3 is 15.0 Å². The summed E-state index contributed by atoms with van der Waals surface area (Å²) in [6.07, 6.45) is 2.78. The SMILES string of the molecule is Cc1cc(-c2c(-c3cccc(C#N)c3)nn3ccc(C(=O)N[C@@H]4CCCN(C(=O)OC(C)(C)C)C4)nc23)cc(Cl)n1. The molecule has 1 aliphatic rings. The number of hydrogen-bond donors (Lipinski definition) is 1. The molecule has 0 saturated carbocycles. The number of nitrogens with one attached hydrogen (secondary N) is 1. The molecule has 0 unspecified atom stereocenters. The number of carbonyl (C=O) groups excluding carboxylic acids is 2. The summed E-state index contributed by atoms with van der Waals surface area (Å²) >= 11 is 6.32. The van der Waals surface area contributed by atoms with Crippen LogP contribution in [0.4, 0.5) is 4.79 Å². The van der Waals surface area contributed by atoms with Crippen LogP contribution < -0.4 is 5.32 Å². The fourth-order valence-electron chi connectivity index (χ4n) is 4.88. The minimum atomic E-state index is -0.595. The first-order valence-electron chi connectivity index (χ1n) is 13.3. The number of carbonyl (C=O) groups is 2. The zero-order chi connectivity index (χ0) is 29.3. The van der Waals surface area contributed by atoms with E-state index in [9.17, 15) is 14.9 Å². The van der Waals surface area contributed by atoms with Crippen LogP contribution in [-0.4, -0.2) is 61.2 Å². The summed E-state index contributed by atoms with van der Waals surface area (Å²) in [6.45, 7) is 8.26. The fraction of sp³-hybridized carbons (Fsp3) is 0.333. The molecule has 5 rings (SSSR count). The molecule has 1 aromatic carbocycles. The number of pyridine rings is 1. The van der Waals surface area contributed by atoms with E-state index < -0.39 is 5.60 Å². The number of halogens is 1. The van der Waals surface area contributed by atoms with E-state index in [4.69, 9.17) is 26.4 Å². The highest BCUT2D eigenvalue weighted by Gasteiger charge is 2.29. The molecule has 1 atom stereocenters. The number of likely N-dealkylation sites (tertiary alicyclic amines) is 1. The molecule has 3 aromatic heterocycles. The lowest BCUT2D eigenvalue weighted by atomic mass is 10.00. The van der Waals surface area contributed by atoms with Gasteiger partial charge in [-0.05, 0) is 76.4 Å². The van der Waals surface area contributed by atoms with Gasteiger partial charge in [-0.3, -0.25) is 4.79 Å². The molecule has 0 aliphatic carbocycles. The van der Waals surface area contributed by atoms with E-state index in [1.165, 1.54) is 0 Å². The fourth-order valence-corrected chi connectivity index (χ4v) is 5.13. The summed E-state index contributed by atoms with van der Waals surface area (Å²) in [5.74, 6) is -0.354. The van der Waals surface area contributed by atoms with E-state index in [0.29, 0.717) is 46.4 Å². The summed E-state index contributed by atoms with van der Waals surface area (Å²) < 4.78 is 7.12. The van der Waals surface area contributed by atoms with Crippen molar-refractivity contribution in [3.05, 3.63) is 70.8 Å². The summed E-state index contributed by atoms with van der Waals surface area (Å²) in [7, 11) is 0. The van der Waals surface area contributed by atoms with Crippen LogP contribution in [0.1, 0.15) is 55.4 Å². The second-order valence-corrected chi connectivity index (χ2v) is 11.4. The Hall–Kier alpha value is -4.49. The number of nitrogens with zero attached hydrogens (tertiary/aromatic N) is 6. The standard InChI is InChI=1S/C30H30ClN7O3/c1-18-13-21(15-24(31)33-18)25-26(20-8-5-7-19(14-20)16-32)36-38-12-10-23(35-27(25)38)28(39)34-22-9-6-11-37(17-22)29(40)41-30(2,3)4/h5,7-8,10,12-15,22H,6,9,11,17H2,1-4H3,(H,34,39)/t22-/m1/s1. The van der Waals surface area contributed by atoms with Crippen molar-refractivity contribution < 1.29 is 14.3 Å². The van der Waals surface area contributed by atoms with Crippen molar-refractivity contribution >= 4 is 29.2 Å². The third-order valence-electron chi connectivity index (χ3n) is 6.60. The van der Waals surface area contributed by atoms with Gasteiger partial charge in [-0.25, -0.2) is 19.3 Å². The number of benzene rings is 1. The molecule has 1 saturated heterocycles. The first kappa shape index (κ1) is 28.1. The maximum Gasteiger partial charge on any atom is 0.410 e. The van der Waals surface area contributed by atoms with Gasteiger partial charge in [0.25, 0.3) is 5.91 Å². The third-order valence-corrected chi connectivity index (χ3v) is 6.80. The van der Waals surface area contributed by atoms with Crippen molar-refractivity contribution in [2.75, 3.05) is 13.1 Å². The Morgan fingerprint density at radius 3 is 2.68 bits per heavy atom. The molecule has 0 spiro atoms. The van der Waals surface area contributed by atoms with Crippen LogP contribution >= 0.6 is 11.6 Å². The van der Waals surface area contributed by atoms with Crippen LogP contribution in [0.15, 0.2) is 48.7 Å². The summed E-state index contributed by atoms with van der Waals surface area (Å²) in [6, 6.07) is 14.3. The molecular formula is C30H30ClN7O3. The lowest BCUT2D eigenvalue weighted by Gasteiger charge is -2.34. The van der Waals surface area contributed by atoms with E-state index in [2.05, 4.69) is 16.4 Å². The third kappa shape index (κ3) is 6.31. The van der Waals surface area contributed by atoms with Crippen LogP contribution in [0, 0.1) is 18.3 Å². The molecule has 210 valence electrons. The minimum Gasteiger partial charge on any atom is -0.444 e. The zero-order valence-electron chi connectivity index (χ0n) is 23.3. The van der Waals surface area contributed by atoms with Crippen molar-refractivity contribution in [3.8, 4) is 28.5 Å². The number of piperidine rings is 1. The van der Waals surface area contributed by atoms with Crippen molar-refractivity contribution in [2.24, 2.45) is 0 Å². The number of hydrogen-bond acceptors (Lipinski definition) is 7. The quantitative estimate of drug-likeness (QED) is 0.324. The highest BCUT2D eigenvalue weighted by molar-refractivity contribution is 6.29. The molecule has 11 heteroatoms. The number of aryl methyl sites for hydroxylation is 1. The monoisotopic (exact) mass is 571 g/mol. The largest absolute Gasteiger partial charge is 0.444 e. The van der Waals surface area contributed by atoms with Gasteiger partial charge in [0.1, 0.15) is 22.1 Å². The molecule has 4 aromatic rings. The van der Waals surface area contributed by atoms with Gasteiger partial charge in [0.05, 0.1) is 17.2 Å². The molecular weight excluding hydrogens is 542 g/mol. The Morgan fingerprint density at radius 2 is 1.95 bits per heavy atom. The molecule has 41 heavy (non-hydrogen) atoms. The van der Waals surface area contributed by atoms with Crippen molar-refractivity contribution in [2.45, 2.75) is 52.2 Å². The van der Waals surface area contributed by atoms with E-state index >= 15 is 0 Å². The summed E-state index contributed by atoms with van der Waals surface area (Å²) in [4.78, 5) is 36.6. The van der Waals surface area contributed by atoms with Crippen LogP contribution in [-0.2, 0) is 4.74 Å². The Labute approximate surface area is 242 Å². The average Bonchev–Trinajstić information content (AvgIpc) is 3.31. The van der Waals surface area contributed by atoms with Crippen LogP contribution in [0.3, 0.4) is 0 Å². The minimum absolute atomic E-state index is 0.210. The Morgan fingerprint density at radius 1 is 1.15 bits per heavy atom. The van der Waals surface area contributed by atoms with Crippen LogP contribution in [0.5, 0.6) is 0 Å². The van der Waals surface area contributed by atoms with Crippen molar-refractivity contribution in [1.29, 1.82) is 5.26 Å². The molecule has 1 N–H and O–H groups in total. The van der Waals surface area contributed by atoms with E-state index in [-0.39, 0.29) is 23.7 Å². The van der Waals surface area contributed by atoms with E-state index in [1.807, 2.05) is 39.8 Å². The van der Waals surface area contributed by atoms with Gasteiger partial charge in [-0.2, -0.15) is 10.4 Å². The predicted molar refractivity (Wildman–Crippen MR) is 154 cm³/mol. The highest BCUT2D eigenvalue weighted by Crippen LogP contribution is 2.36. The van der Waals surface area contributed by atoms with E-state index in [1.54, 1.807) is 45.9 Å². The number of rotatable bonds is 4.